The fraction of sp³-hybridized carbons (Fsp3) is 0.522. The minimum atomic E-state index is -0.299. The third-order valence-electron chi connectivity index (χ3n) is 4.74. The second kappa shape index (κ2) is 13.9. The summed E-state index contributed by atoms with van der Waals surface area (Å²) in [5.74, 6) is 0.857. The number of amides is 1. The average molecular weight is 545 g/mol. The molecule has 0 aliphatic carbocycles. The monoisotopic (exact) mass is 543 g/mol. The molecule has 1 saturated heterocycles. The molecule has 0 saturated carbocycles. The SMILES string of the molecule is CCCCCCOc1c(Br)cc(/C=C2\SC(=S)N(CCCC(=O)OC)C2=O)cc1OCC. The van der Waals surface area contributed by atoms with Crippen molar-refractivity contribution < 1.29 is 23.8 Å². The van der Waals surface area contributed by atoms with Crippen LogP contribution in [0.2, 0.25) is 0 Å². The Kier molecular flexibility index (Phi) is 11.5. The summed E-state index contributed by atoms with van der Waals surface area (Å²) in [6, 6.07) is 3.78. The zero-order valence-corrected chi connectivity index (χ0v) is 22.0. The molecule has 32 heavy (non-hydrogen) atoms. The zero-order valence-electron chi connectivity index (χ0n) is 18.8. The van der Waals surface area contributed by atoms with E-state index in [1.807, 2.05) is 19.1 Å². The molecular formula is C23H30BrNO5S2. The van der Waals surface area contributed by atoms with Gasteiger partial charge in [0, 0.05) is 13.0 Å². The van der Waals surface area contributed by atoms with Crippen LogP contribution in [0.25, 0.3) is 6.08 Å². The second-order valence-corrected chi connectivity index (χ2v) is 9.72. The average Bonchev–Trinajstić information content (AvgIpc) is 3.02. The molecule has 0 N–H and O–H groups in total. The first-order chi connectivity index (χ1) is 15.4. The third-order valence-corrected chi connectivity index (χ3v) is 6.70. The summed E-state index contributed by atoms with van der Waals surface area (Å²) in [6.07, 6.45) is 7.05. The Morgan fingerprint density at radius 2 is 1.97 bits per heavy atom. The number of methoxy groups -OCH3 is 1. The number of rotatable bonds is 13. The van der Waals surface area contributed by atoms with Gasteiger partial charge in [0.15, 0.2) is 11.5 Å². The van der Waals surface area contributed by atoms with E-state index in [9.17, 15) is 9.59 Å². The molecule has 1 aromatic carbocycles. The van der Waals surface area contributed by atoms with E-state index in [2.05, 4.69) is 27.6 Å². The van der Waals surface area contributed by atoms with E-state index in [-0.39, 0.29) is 18.3 Å². The lowest BCUT2D eigenvalue weighted by molar-refractivity contribution is -0.141. The van der Waals surface area contributed by atoms with Crippen LogP contribution in [0.4, 0.5) is 0 Å². The maximum Gasteiger partial charge on any atom is 0.305 e. The summed E-state index contributed by atoms with van der Waals surface area (Å²) in [6.45, 7) is 5.62. The predicted octanol–water partition coefficient (Wildman–Crippen LogP) is 5.96. The van der Waals surface area contributed by atoms with Crippen molar-refractivity contribution in [2.75, 3.05) is 26.9 Å². The Balaban J connectivity index is 2.12. The fourth-order valence-electron chi connectivity index (χ4n) is 3.11. The molecule has 2 rings (SSSR count). The van der Waals surface area contributed by atoms with Crippen molar-refractivity contribution in [1.82, 2.24) is 4.90 Å². The van der Waals surface area contributed by atoms with Gasteiger partial charge >= 0.3 is 5.97 Å². The van der Waals surface area contributed by atoms with Crippen LogP contribution in [0.3, 0.4) is 0 Å². The number of hydrogen-bond acceptors (Lipinski definition) is 7. The predicted molar refractivity (Wildman–Crippen MR) is 136 cm³/mol. The van der Waals surface area contributed by atoms with Crippen molar-refractivity contribution in [3.05, 3.63) is 27.1 Å². The molecule has 0 unspecified atom stereocenters. The van der Waals surface area contributed by atoms with Gasteiger partial charge in [-0.15, -0.1) is 0 Å². The van der Waals surface area contributed by atoms with Crippen molar-refractivity contribution in [2.24, 2.45) is 0 Å². The number of halogens is 1. The van der Waals surface area contributed by atoms with Crippen LogP contribution in [-0.2, 0) is 14.3 Å². The quantitative estimate of drug-likeness (QED) is 0.131. The van der Waals surface area contributed by atoms with Crippen LogP contribution >= 0.6 is 39.9 Å². The summed E-state index contributed by atoms with van der Waals surface area (Å²) < 4.78 is 17.7. The van der Waals surface area contributed by atoms with E-state index in [1.54, 1.807) is 6.08 Å². The van der Waals surface area contributed by atoms with E-state index in [0.29, 0.717) is 46.9 Å². The smallest absolute Gasteiger partial charge is 0.305 e. The highest BCUT2D eigenvalue weighted by atomic mass is 79.9. The van der Waals surface area contributed by atoms with Crippen LogP contribution in [0.5, 0.6) is 11.5 Å². The van der Waals surface area contributed by atoms with Crippen LogP contribution in [0, 0.1) is 0 Å². The zero-order chi connectivity index (χ0) is 23.5. The Bertz CT molecular complexity index is 859. The van der Waals surface area contributed by atoms with Gasteiger partial charge in [-0.2, -0.15) is 0 Å². The Hall–Kier alpha value is -1.58. The van der Waals surface area contributed by atoms with Gasteiger partial charge in [-0.1, -0.05) is 50.2 Å². The summed E-state index contributed by atoms with van der Waals surface area (Å²) in [5, 5.41) is 0. The molecule has 1 amide bonds. The molecule has 1 aliphatic heterocycles. The molecule has 0 atom stereocenters. The molecule has 1 fully saturated rings. The molecule has 9 heteroatoms. The number of esters is 1. The molecule has 6 nitrogen and oxygen atoms in total. The van der Waals surface area contributed by atoms with Gasteiger partial charge in [0.2, 0.25) is 0 Å². The Morgan fingerprint density at radius 3 is 2.66 bits per heavy atom. The highest BCUT2D eigenvalue weighted by Crippen LogP contribution is 2.39. The van der Waals surface area contributed by atoms with Gasteiger partial charge in [0.25, 0.3) is 5.91 Å². The van der Waals surface area contributed by atoms with E-state index in [4.69, 9.17) is 21.7 Å². The lowest BCUT2D eigenvalue weighted by Gasteiger charge is -2.15. The highest BCUT2D eigenvalue weighted by Gasteiger charge is 2.31. The molecule has 0 radical (unpaired) electrons. The van der Waals surface area contributed by atoms with Gasteiger partial charge in [-0.25, -0.2) is 0 Å². The van der Waals surface area contributed by atoms with Gasteiger partial charge in [-0.05, 0) is 59.5 Å². The second-order valence-electron chi connectivity index (χ2n) is 7.19. The van der Waals surface area contributed by atoms with Crippen LogP contribution in [0.15, 0.2) is 21.5 Å². The topological polar surface area (TPSA) is 65.1 Å². The van der Waals surface area contributed by atoms with E-state index in [0.717, 1.165) is 22.9 Å². The third kappa shape index (κ3) is 7.78. The summed E-state index contributed by atoms with van der Waals surface area (Å²) in [5.41, 5.74) is 0.814. The normalized spacial score (nSPS) is 14.9. The molecule has 0 aromatic heterocycles. The molecule has 0 spiro atoms. The minimum Gasteiger partial charge on any atom is -0.490 e. The number of unbranched alkanes of at least 4 members (excludes halogenated alkanes) is 3. The Labute approximate surface area is 208 Å². The van der Waals surface area contributed by atoms with Gasteiger partial charge in [-0.3, -0.25) is 14.5 Å². The summed E-state index contributed by atoms with van der Waals surface area (Å²) >= 11 is 10.2. The van der Waals surface area contributed by atoms with Crippen LogP contribution in [-0.4, -0.2) is 48.0 Å². The molecule has 1 heterocycles. The van der Waals surface area contributed by atoms with E-state index in [1.165, 1.54) is 36.6 Å². The highest BCUT2D eigenvalue weighted by molar-refractivity contribution is 9.10. The van der Waals surface area contributed by atoms with Crippen molar-refractivity contribution in [3.8, 4) is 11.5 Å². The van der Waals surface area contributed by atoms with Crippen LogP contribution in [0.1, 0.15) is 57.9 Å². The molecule has 1 aromatic rings. The van der Waals surface area contributed by atoms with Crippen molar-refractivity contribution in [2.45, 2.75) is 52.4 Å². The lowest BCUT2D eigenvalue weighted by Crippen LogP contribution is -2.29. The number of thioether (sulfide) groups is 1. The first kappa shape index (κ1) is 26.7. The summed E-state index contributed by atoms with van der Waals surface area (Å²) in [7, 11) is 1.35. The maximum absolute atomic E-state index is 12.8. The Morgan fingerprint density at radius 1 is 1.19 bits per heavy atom. The molecule has 0 bridgehead atoms. The number of nitrogens with zero attached hydrogens (tertiary/aromatic N) is 1. The van der Waals surface area contributed by atoms with Crippen molar-refractivity contribution in [1.29, 1.82) is 0 Å². The summed E-state index contributed by atoms with van der Waals surface area (Å²) in [4.78, 5) is 26.2. The van der Waals surface area contributed by atoms with E-state index < -0.39 is 0 Å². The number of carbonyl (C=O) groups excluding carboxylic acids is 2. The first-order valence-electron chi connectivity index (χ1n) is 10.8. The number of hydrogen-bond donors (Lipinski definition) is 0. The lowest BCUT2D eigenvalue weighted by atomic mass is 10.1. The molecule has 176 valence electrons. The van der Waals surface area contributed by atoms with Gasteiger partial charge < -0.3 is 14.2 Å². The number of benzene rings is 1. The number of thiocarbonyl (C=S) groups is 1. The fourth-order valence-corrected chi connectivity index (χ4v) is 4.99. The largest absolute Gasteiger partial charge is 0.490 e. The van der Waals surface area contributed by atoms with Gasteiger partial charge in [0.1, 0.15) is 4.32 Å². The van der Waals surface area contributed by atoms with E-state index >= 15 is 0 Å². The molecule has 1 aliphatic rings. The van der Waals surface area contributed by atoms with Gasteiger partial charge in [0.05, 0.1) is 29.7 Å². The minimum absolute atomic E-state index is 0.157. The standard InChI is InChI=1S/C23H30BrNO5S2/c1-4-6-7-8-12-30-21-17(24)13-16(14-18(21)29-5-2)15-19-22(27)25(23(31)32-19)11-9-10-20(26)28-3/h13-15H,4-12H2,1-3H3/b19-15-. The van der Waals surface area contributed by atoms with Crippen LogP contribution < -0.4 is 9.47 Å². The van der Waals surface area contributed by atoms with Crippen molar-refractivity contribution >= 4 is 62.2 Å². The number of carbonyl (C=O) groups is 2. The maximum atomic E-state index is 12.8. The van der Waals surface area contributed by atoms with Crippen molar-refractivity contribution in [3.63, 3.8) is 0 Å². The molecular weight excluding hydrogens is 514 g/mol. The first-order valence-corrected chi connectivity index (χ1v) is 12.8. The number of ether oxygens (including phenoxy) is 3.